The van der Waals surface area contributed by atoms with E-state index in [-0.39, 0.29) is 32.2 Å². The SMILES string of the molecule is CC/C=C/C=C/C=C/C=C/C=C/OC[C@H](COP(=O)(O)OCC[NH3+])OC(=O)CCCCCCC/C=C/CCCCCCCC. The van der Waals surface area contributed by atoms with Crippen LogP contribution in [0.2, 0.25) is 0 Å². The molecular weight excluding hydrogens is 577 g/mol. The minimum atomic E-state index is -4.27. The third kappa shape index (κ3) is 31.2. The third-order valence-electron chi connectivity index (χ3n) is 6.37. The van der Waals surface area contributed by atoms with Gasteiger partial charge in [0, 0.05) is 6.42 Å². The van der Waals surface area contributed by atoms with Gasteiger partial charge in [-0.2, -0.15) is 0 Å². The molecule has 0 amide bonds. The van der Waals surface area contributed by atoms with Gasteiger partial charge in [0.2, 0.25) is 0 Å². The summed E-state index contributed by atoms with van der Waals surface area (Å²) in [5.41, 5.74) is 3.57. The number of hydrogen-bond donors (Lipinski definition) is 2. The zero-order valence-corrected chi connectivity index (χ0v) is 28.4. The van der Waals surface area contributed by atoms with Gasteiger partial charge in [0.15, 0.2) is 6.10 Å². The smallest absolute Gasteiger partial charge is 0.472 e. The van der Waals surface area contributed by atoms with E-state index in [0.717, 1.165) is 44.9 Å². The molecule has 0 aromatic rings. The maximum atomic E-state index is 12.4. The predicted molar refractivity (Wildman–Crippen MR) is 181 cm³/mol. The molecule has 0 aromatic heterocycles. The number of unbranched alkanes of at least 4 members (excludes halogenated alkanes) is 11. The van der Waals surface area contributed by atoms with Crippen molar-refractivity contribution in [3.63, 3.8) is 0 Å². The van der Waals surface area contributed by atoms with Crippen molar-refractivity contribution in [3.8, 4) is 0 Å². The summed E-state index contributed by atoms with van der Waals surface area (Å²) in [6.45, 7) is 4.29. The molecule has 9 heteroatoms. The van der Waals surface area contributed by atoms with E-state index in [1.165, 1.54) is 51.2 Å². The maximum Gasteiger partial charge on any atom is 0.472 e. The molecule has 0 fully saturated rings. The fourth-order valence-corrected chi connectivity index (χ4v) is 4.75. The van der Waals surface area contributed by atoms with Crippen LogP contribution in [-0.4, -0.2) is 43.3 Å². The molecule has 0 heterocycles. The molecule has 0 bridgehead atoms. The molecule has 0 radical (unpaired) electrons. The number of esters is 1. The Hall–Kier alpha value is -2.22. The van der Waals surface area contributed by atoms with Gasteiger partial charge in [-0.05, 0) is 44.6 Å². The van der Waals surface area contributed by atoms with E-state index in [2.05, 4.69) is 37.8 Å². The summed E-state index contributed by atoms with van der Waals surface area (Å²) in [7, 11) is -4.27. The Morgan fingerprint density at radius 3 is 1.91 bits per heavy atom. The maximum absolute atomic E-state index is 12.4. The number of rotatable bonds is 30. The van der Waals surface area contributed by atoms with Crippen molar-refractivity contribution >= 4 is 13.8 Å². The molecule has 0 saturated carbocycles. The number of carbonyl (C=O) groups is 1. The summed E-state index contributed by atoms with van der Waals surface area (Å²) >= 11 is 0. The van der Waals surface area contributed by atoms with E-state index < -0.39 is 13.9 Å². The Bertz CT molecular complexity index is 896. The van der Waals surface area contributed by atoms with Crippen molar-refractivity contribution in [3.05, 3.63) is 73.1 Å². The molecule has 0 saturated heterocycles. The fraction of sp³-hybridized carbons (Fsp3) is 0.629. The molecule has 4 N–H and O–H groups in total. The van der Waals surface area contributed by atoms with Gasteiger partial charge in [0.1, 0.15) is 13.2 Å². The summed E-state index contributed by atoms with van der Waals surface area (Å²) in [5, 5.41) is 0. The molecule has 2 atom stereocenters. The van der Waals surface area contributed by atoms with E-state index >= 15 is 0 Å². The average Bonchev–Trinajstić information content (AvgIpc) is 3.01. The predicted octanol–water partition coefficient (Wildman–Crippen LogP) is 8.48. The van der Waals surface area contributed by atoms with Crippen molar-refractivity contribution in [2.24, 2.45) is 0 Å². The van der Waals surface area contributed by atoms with Crippen molar-refractivity contribution < 1.29 is 38.5 Å². The zero-order chi connectivity index (χ0) is 32.4. The first-order chi connectivity index (χ1) is 21.4. The van der Waals surface area contributed by atoms with Gasteiger partial charge in [-0.15, -0.1) is 0 Å². The van der Waals surface area contributed by atoms with E-state index in [9.17, 15) is 14.3 Å². The number of hydrogen-bond acceptors (Lipinski definition) is 6. The summed E-state index contributed by atoms with van der Waals surface area (Å²) in [6, 6.07) is 0. The third-order valence-corrected chi connectivity index (χ3v) is 7.35. The fourth-order valence-electron chi connectivity index (χ4n) is 3.96. The molecule has 44 heavy (non-hydrogen) atoms. The van der Waals surface area contributed by atoms with Gasteiger partial charge in [-0.1, -0.05) is 126 Å². The normalized spacial score (nSPS) is 14.6. The quantitative estimate of drug-likeness (QED) is 0.0202. The average molecular weight is 639 g/mol. The molecular formula is C35H61NO7P+. The van der Waals surface area contributed by atoms with Crippen LogP contribution >= 0.6 is 7.82 Å². The summed E-state index contributed by atoms with van der Waals surface area (Å²) < 4.78 is 32.8. The van der Waals surface area contributed by atoms with Gasteiger partial charge in [0.25, 0.3) is 0 Å². The molecule has 0 aliphatic carbocycles. The molecule has 0 aliphatic rings. The molecule has 0 rings (SSSR count). The van der Waals surface area contributed by atoms with Crippen LogP contribution in [0.3, 0.4) is 0 Å². The highest BCUT2D eigenvalue weighted by Crippen LogP contribution is 2.43. The Morgan fingerprint density at radius 2 is 1.30 bits per heavy atom. The summed E-state index contributed by atoms with van der Waals surface area (Å²) in [5.74, 6) is -0.387. The van der Waals surface area contributed by atoms with Gasteiger partial charge in [-0.3, -0.25) is 13.8 Å². The monoisotopic (exact) mass is 638 g/mol. The summed E-state index contributed by atoms with van der Waals surface area (Å²) in [6.07, 6.45) is 39.0. The standard InChI is InChI=1S/C35H60NO7P/c1-3-5-7-9-11-13-15-16-17-18-19-20-22-24-26-28-35(37)43-34(33-42-44(38,39)41-31-29-36)32-40-30-27-25-23-21-14-12-10-8-6-4-2/h6,8,10,12,14,16-17,21,23,25,27,30,34H,3-5,7,9,11,13,15,18-20,22,24,26,28-29,31-33,36H2,1-2H3,(H,38,39)/p+1/b8-6+,12-10+,17-16+,21-14+,25-23+,30-27+/t34-/m1/s1. The number of allylic oxidation sites excluding steroid dienone is 11. The molecule has 0 spiro atoms. The van der Waals surface area contributed by atoms with Gasteiger partial charge < -0.3 is 20.1 Å². The van der Waals surface area contributed by atoms with Crippen molar-refractivity contribution in [1.82, 2.24) is 0 Å². The van der Waals surface area contributed by atoms with Crippen LogP contribution in [0.25, 0.3) is 0 Å². The number of quaternary nitrogens is 1. The van der Waals surface area contributed by atoms with Crippen LogP contribution in [-0.2, 0) is 27.9 Å². The van der Waals surface area contributed by atoms with Crippen molar-refractivity contribution in [2.45, 2.75) is 116 Å². The lowest BCUT2D eigenvalue weighted by molar-refractivity contribution is -0.371. The van der Waals surface area contributed by atoms with Gasteiger partial charge in [-0.25, -0.2) is 4.57 Å². The lowest BCUT2D eigenvalue weighted by Gasteiger charge is -2.19. The second-order valence-electron chi connectivity index (χ2n) is 10.6. The first kappa shape index (κ1) is 41.8. The number of phosphoric acid groups is 1. The van der Waals surface area contributed by atoms with Crippen LogP contribution in [0.5, 0.6) is 0 Å². The number of carbonyl (C=O) groups excluding carboxylic acids is 1. The minimum Gasteiger partial charge on any atom is -0.497 e. The zero-order valence-electron chi connectivity index (χ0n) is 27.5. The summed E-state index contributed by atoms with van der Waals surface area (Å²) in [4.78, 5) is 22.3. The van der Waals surface area contributed by atoms with E-state index in [4.69, 9.17) is 18.5 Å². The molecule has 252 valence electrons. The highest BCUT2D eigenvalue weighted by molar-refractivity contribution is 7.47. The van der Waals surface area contributed by atoms with Crippen LogP contribution in [0.1, 0.15) is 110 Å². The highest BCUT2D eigenvalue weighted by atomic mass is 31.2. The lowest BCUT2D eigenvalue weighted by atomic mass is 10.1. The van der Waals surface area contributed by atoms with Crippen LogP contribution in [0.4, 0.5) is 0 Å². The number of ether oxygens (including phenoxy) is 2. The Labute approximate surface area is 267 Å². The number of phosphoric ester groups is 1. The van der Waals surface area contributed by atoms with Crippen LogP contribution in [0, 0.1) is 0 Å². The molecule has 0 aliphatic heterocycles. The topological polar surface area (TPSA) is 119 Å². The van der Waals surface area contributed by atoms with Crippen LogP contribution in [0.15, 0.2) is 73.1 Å². The Balaban J connectivity index is 4.34. The molecule has 8 nitrogen and oxygen atoms in total. The minimum absolute atomic E-state index is 0.0149. The molecule has 1 unspecified atom stereocenters. The first-order valence-corrected chi connectivity index (χ1v) is 18.1. The second kappa shape index (κ2) is 32.2. The van der Waals surface area contributed by atoms with E-state index in [1.807, 2.05) is 36.5 Å². The molecule has 0 aromatic carbocycles. The lowest BCUT2D eigenvalue weighted by Crippen LogP contribution is -2.52. The van der Waals surface area contributed by atoms with E-state index in [0.29, 0.717) is 6.54 Å². The van der Waals surface area contributed by atoms with E-state index in [1.54, 1.807) is 12.2 Å². The second-order valence-corrected chi connectivity index (χ2v) is 12.0. The Kier molecular flexibility index (Phi) is 30.6. The first-order valence-electron chi connectivity index (χ1n) is 16.6. The van der Waals surface area contributed by atoms with Gasteiger partial charge >= 0.3 is 13.8 Å². The largest absolute Gasteiger partial charge is 0.497 e. The van der Waals surface area contributed by atoms with Crippen LogP contribution < -0.4 is 5.73 Å². The van der Waals surface area contributed by atoms with Crippen molar-refractivity contribution in [1.29, 1.82) is 0 Å². The van der Waals surface area contributed by atoms with Crippen molar-refractivity contribution in [2.75, 3.05) is 26.4 Å². The highest BCUT2D eigenvalue weighted by Gasteiger charge is 2.25. The van der Waals surface area contributed by atoms with Gasteiger partial charge in [0.05, 0.1) is 19.4 Å². The Morgan fingerprint density at radius 1 is 0.727 bits per heavy atom.